The Kier molecular flexibility index (Phi) is 5.39. The first-order chi connectivity index (χ1) is 12.3. The highest BCUT2D eigenvalue weighted by atomic mass is 16.5. The van der Waals surface area contributed by atoms with Gasteiger partial charge in [0.15, 0.2) is 5.76 Å². The normalized spacial score (nSPS) is 30.4. The van der Waals surface area contributed by atoms with Crippen molar-refractivity contribution in [2.24, 2.45) is 5.92 Å². The zero-order chi connectivity index (χ0) is 17.1. The van der Waals surface area contributed by atoms with E-state index in [0.717, 1.165) is 58.5 Å². The van der Waals surface area contributed by atoms with Gasteiger partial charge in [0.25, 0.3) is 5.91 Å². The molecule has 3 atom stereocenters. The van der Waals surface area contributed by atoms with E-state index in [2.05, 4.69) is 0 Å². The van der Waals surface area contributed by atoms with Crippen LogP contribution in [-0.4, -0.2) is 62.0 Å². The predicted octanol–water partition coefficient (Wildman–Crippen LogP) is 2.48. The minimum atomic E-state index is -0.0182. The van der Waals surface area contributed by atoms with Crippen LogP contribution in [0.5, 0.6) is 0 Å². The maximum Gasteiger partial charge on any atom is 0.289 e. The SMILES string of the molecule is O=C(c1ccco1)N1CC[C@@H]2O[C@H](COCC3CCOCC3)CC[C@@H]21. The number of amides is 1. The summed E-state index contributed by atoms with van der Waals surface area (Å²) in [6.07, 6.45) is 6.83. The number of ether oxygens (including phenoxy) is 3. The average molecular weight is 349 g/mol. The topological polar surface area (TPSA) is 61.1 Å². The monoisotopic (exact) mass is 349 g/mol. The Balaban J connectivity index is 1.23. The molecule has 3 fully saturated rings. The van der Waals surface area contributed by atoms with Crippen LogP contribution in [0.3, 0.4) is 0 Å². The van der Waals surface area contributed by atoms with Gasteiger partial charge in [0.2, 0.25) is 0 Å². The molecule has 0 aliphatic carbocycles. The third-order valence-corrected chi connectivity index (χ3v) is 5.63. The molecule has 4 heterocycles. The van der Waals surface area contributed by atoms with Crippen LogP contribution >= 0.6 is 0 Å². The fourth-order valence-corrected chi connectivity index (χ4v) is 4.19. The average Bonchev–Trinajstić information content (AvgIpc) is 3.32. The van der Waals surface area contributed by atoms with Gasteiger partial charge in [0, 0.05) is 26.4 Å². The molecule has 138 valence electrons. The van der Waals surface area contributed by atoms with Gasteiger partial charge in [-0.3, -0.25) is 4.79 Å². The largest absolute Gasteiger partial charge is 0.459 e. The summed E-state index contributed by atoms with van der Waals surface area (Å²) in [6, 6.07) is 3.65. The number of furan rings is 1. The van der Waals surface area contributed by atoms with Crippen molar-refractivity contribution in [2.45, 2.75) is 50.4 Å². The lowest BCUT2D eigenvalue weighted by molar-refractivity contribution is -0.102. The molecule has 6 nitrogen and oxygen atoms in total. The Labute approximate surface area is 148 Å². The van der Waals surface area contributed by atoms with Crippen LogP contribution in [-0.2, 0) is 14.2 Å². The summed E-state index contributed by atoms with van der Waals surface area (Å²) in [4.78, 5) is 14.5. The summed E-state index contributed by atoms with van der Waals surface area (Å²) in [5, 5.41) is 0. The summed E-state index contributed by atoms with van der Waals surface area (Å²) in [5.74, 6) is 1.02. The Bertz CT molecular complexity index is 554. The summed E-state index contributed by atoms with van der Waals surface area (Å²) >= 11 is 0. The van der Waals surface area contributed by atoms with Crippen molar-refractivity contribution >= 4 is 5.91 Å². The summed E-state index contributed by atoms with van der Waals surface area (Å²) in [6.45, 7) is 3.92. The highest BCUT2D eigenvalue weighted by molar-refractivity contribution is 5.91. The van der Waals surface area contributed by atoms with Crippen molar-refractivity contribution in [3.63, 3.8) is 0 Å². The van der Waals surface area contributed by atoms with Crippen molar-refractivity contribution in [1.82, 2.24) is 4.90 Å². The van der Waals surface area contributed by atoms with Gasteiger partial charge < -0.3 is 23.5 Å². The summed E-state index contributed by atoms with van der Waals surface area (Å²) in [7, 11) is 0. The van der Waals surface area contributed by atoms with Crippen molar-refractivity contribution in [1.29, 1.82) is 0 Å². The number of carbonyl (C=O) groups excluding carboxylic acids is 1. The van der Waals surface area contributed by atoms with E-state index in [1.165, 1.54) is 0 Å². The molecule has 0 bridgehead atoms. The van der Waals surface area contributed by atoms with Crippen molar-refractivity contribution in [2.75, 3.05) is 33.0 Å². The molecule has 0 N–H and O–H groups in total. The number of hydrogen-bond donors (Lipinski definition) is 0. The van der Waals surface area contributed by atoms with Gasteiger partial charge in [0.1, 0.15) is 0 Å². The first kappa shape index (κ1) is 17.1. The van der Waals surface area contributed by atoms with E-state index in [1.54, 1.807) is 18.4 Å². The summed E-state index contributed by atoms with van der Waals surface area (Å²) in [5.41, 5.74) is 0. The molecule has 1 aromatic rings. The second kappa shape index (κ2) is 7.89. The molecular weight excluding hydrogens is 322 g/mol. The fraction of sp³-hybridized carbons (Fsp3) is 0.737. The lowest BCUT2D eigenvalue weighted by Crippen LogP contribution is -2.46. The molecule has 0 unspecified atom stereocenters. The van der Waals surface area contributed by atoms with E-state index in [0.29, 0.717) is 18.3 Å². The van der Waals surface area contributed by atoms with Crippen LogP contribution < -0.4 is 0 Å². The number of nitrogens with zero attached hydrogens (tertiary/aromatic N) is 1. The minimum absolute atomic E-state index is 0.0182. The molecule has 25 heavy (non-hydrogen) atoms. The molecule has 3 saturated heterocycles. The smallest absolute Gasteiger partial charge is 0.289 e. The number of carbonyl (C=O) groups is 1. The first-order valence-electron chi connectivity index (χ1n) is 9.46. The lowest BCUT2D eigenvalue weighted by Gasteiger charge is -2.35. The highest BCUT2D eigenvalue weighted by Crippen LogP contribution is 2.32. The molecule has 1 amide bonds. The second-order valence-corrected chi connectivity index (χ2v) is 7.30. The van der Waals surface area contributed by atoms with Crippen molar-refractivity contribution < 1.29 is 23.4 Å². The summed E-state index contributed by atoms with van der Waals surface area (Å²) < 4.78 is 22.8. The van der Waals surface area contributed by atoms with Gasteiger partial charge in [-0.2, -0.15) is 0 Å². The van der Waals surface area contributed by atoms with Crippen LogP contribution in [0.2, 0.25) is 0 Å². The van der Waals surface area contributed by atoms with Crippen LogP contribution in [0.15, 0.2) is 22.8 Å². The number of fused-ring (bicyclic) bond motifs is 1. The Morgan fingerprint density at radius 3 is 2.84 bits per heavy atom. The molecular formula is C19H27NO5. The van der Waals surface area contributed by atoms with Crippen molar-refractivity contribution in [3.8, 4) is 0 Å². The van der Waals surface area contributed by atoms with Crippen molar-refractivity contribution in [3.05, 3.63) is 24.2 Å². The number of likely N-dealkylation sites (tertiary alicyclic amines) is 1. The Morgan fingerprint density at radius 1 is 1.16 bits per heavy atom. The van der Waals surface area contributed by atoms with Crippen LogP contribution in [0.4, 0.5) is 0 Å². The third kappa shape index (κ3) is 3.91. The minimum Gasteiger partial charge on any atom is -0.459 e. The van der Waals surface area contributed by atoms with E-state index < -0.39 is 0 Å². The fourth-order valence-electron chi connectivity index (χ4n) is 4.19. The standard InChI is InChI=1S/C19H27NO5/c21-19(18-2-1-9-24-18)20-8-5-17-16(20)4-3-15(25-17)13-23-12-14-6-10-22-11-7-14/h1-2,9,14-17H,3-8,10-13H2/t15-,16-,17-/m0/s1. The third-order valence-electron chi connectivity index (χ3n) is 5.63. The van der Waals surface area contributed by atoms with Gasteiger partial charge in [-0.25, -0.2) is 0 Å². The van der Waals surface area contributed by atoms with Gasteiger partial charge in [-0.1, -0.05) is 0 Å². The predicted molar refractivity (Wildman–Crippen MR) is 90.4 cm³/mol. The van der Waals surface area contributed by atoms with E-state index in [1.807, 2.05) is 4.90 Å². The molecule has 0 spiro atoms. The molecule has 0 aromatic carbocycles. The van der Waals surface area contributed by atoms with E-state index in [4.69, 9.17) is 18.6 Å². The molecule has 0 saturated carbocycles. The Morgan fingerprint density at radius 2 is 2.04 bits per heavy atom. The van der Waals surface area contributed by atoms with Gasteiger partial charge in [-0.05, 0) is 50.2 Å². The van der Waals surface area contributed by atoms with Gasteiger partial charge in [0.05, 0.1) is 31.1 Å². The molecule has 3 aliphatic rings. The van der Waals surface area contributed by atoms with Gasteiger partial charge in [-0.15, -0.1) is 0 Å². The van der Waals surface area contributed by atoms with Crippen LogP contribution in [0.25, 0.3) is 0 Å². The van der Waals surface area contributed by atoms with E-state index >= 15 is 0 Å². The van der Waals surface area contributed by atoms with E-state index in [9.17, 15) is 4.79 Å². The van der Waals surface area contributed by atoms with E-state index in [-0.39, 0.29) is 24.2 Å². The molecule has 4 rings (SSSR count). The van der Waals surface area contributed by atoms with Crippen LogP contribution in [0, 0.1) is 5.92 Å². The quantitative estimate of drug-likeness (QED) is 0.817. The molecule has 0 radical (unpaired) electrons. The zero-order valence-corrected chi connectivity index (χ0v) is 14.6. The molecule has 6 heteroatoms. The maximum absolute atomic E-state index is 12.5. The van der Waals surface area contributed by atoms with Gasteiger partial charge >= 0.3 is 0 Å². The molecule has 1 aromatic heterocycles. The molecule has 3 aliphatic heterocycles. The first-order valence-corrected chi connectivity index (χ1v) is 9.46. The highest BCUT2D eigenvalue weighted by Gasteiger charge is 2.42. The zero-order valence-electron chi connectivity index (χ0n) is 14.6. The van der Waals surface area contributed by atoms with Crippen LogP contribution in [0.1, 0.15) is 42.7 Å². The number of rotatable bonds is 5. The Hall–Kier alpha value is -1.37. The lowest BCUT2D eigenvalue weighted by atomic mass is 9.99. The number of hydrogen-bond acceptors (Lipinski definition) is 5. The maximum atomic E-state index is 12.5. The second-order valence-electron chi connectivity index (χ2n) is 7.30.